The topological polar surface area (TPSA) is 40.7 Å². The molecule has 0 bridgehead atoms. The molecule has 5 heteroatoms. The van der Waals surface area contributed by atoms with Gasteiger partial charge in [-0.05, 0) is 24.3 Å². The monoisotopic (exact) mass is 261 g/mol. The molecule has 0 spiro atoms. The fourth-order valence-corrected chi connectivity index (χ4v) is 1.96. The number of imidazole rings is 1. The van der Waals surface area contributed by atoms with Crippen LogP contribution in [0.15, 0.2) is 42.5 Å². The Bertz CT molecular complexity index is 655. The average Bonchev–Trinajstić information content (AvgIpc) is 2.76. The van der Waals surface area contributed by atoms with Crippen LogP contribution in [0.5, 0.6) is 0 Å². The molecule has 2 N–H and O–H groups in total. The van der Waals surface area contributed by atoms with E-state index in [2.05, 4.69) is 15.3 Å². The summed E-state index contributed by atoms with van der Waals surface area (Å²) in [6.45, 7) is 0. The first kappa shape index (κ1) is 11.0. The molecular formula is C13H9ClFN3. The van der Waals surface area contributed by atoms with Gasteiger partial charge in [-0.2, -0.15) is 0 Å². The van der Waals surface area contributed by atoms with E-state index in [0.29, 0.717) is 11.0 Å². The van der Waals surface area contributed by atoms with Crippen LogP contribution in [0.1, 0.15) is 0 Å². The number of rotatable bonds is 2. The van der Waals surface area contributed by atoms with Gasteiger partial charge in [-0.25, -0.2) is 9.37 Å². The Balaban J connectivity index is 2.01. The zero-order chi connectivity index (χ0) is 12.5. The van der Waals surface area contributed by atoms with Crippen molar-refractivity contribution in [3.63, 3.8) is 0 Å². The standard InChI is InChI=1S/C13H9ClFN3/c14-8-4-3-5-9(15)12(8)18-13-16-10-6-1-2-7-11(10)17-13/h1-7H,(H2,16,17,18). The molecule has 2 aromatic carbocycles. The van der Waals surface area contributed by atoms with Gasteiger partial charge >= 0.3 is 0 Å². The molecule has 0 radical (unpaired) electrons. The van der Waals surface area contributed by atoms with Crippen molar-refractivity contribution in [2.24, 2.45) is 0 Å². The summed E-state index contributed by atoms with van der Waals surface area (Å²) >= 11 is 5.93. The SMILES string of the molecule is Fc1cccc(Cl)c1Nc1nc2ccccc2[nH]1. The molecule has 0 aliphatic heterocycles. The van der Waals surface area contributed by atoms with Crippen LogP contribution >= 0.6 is 11.6 Å². The molecule has 90 valence electrons. The van der Waals surface area contributed by atoms with E-state index in [-0.39, 0.29) is 5.69 Å². The molecule has 0 atom stereocenters. The summed E-state index contributed by atoms with van der Waals surface area (Å²) in [4.78, 5) is 7.35. The predicted molar refractivity (Wildman–Crippen MR) is 70.8 cm³/mol. The highest BCUT2D eigenvalue weighted by Crippen LogP contribution is 2.27. The van der Waals surface area contributed by atoms with E-state index in [1.54, 1.807) is 12.1 Å². The molecule has 1 aromatic heterocycles. The van der Waals surface area contributed by atoms with Crippen LogP contribution < -0.4 is 5.32 Å². The molecular weight excluding hydrogens is 253 g/mol. The van der Waals surface area contributed by atoms with E-state index in [1.807, 2.05) is 24.3 Å². The Morgan fingerprint density at radius 3 is 2.72 bits per heavy atom. The number of fused-ring (bicyclic) bond motifs is 1. The molecule has 0 saturated heterocycles. The summed E-state index contributed by atoms with van der Waals surface area (Å²) in [5.74, 6) is 0.0474. The molecule has 0 saturated carbocycles. The predicted octanol–water partition coefficient (Wildman–Crippen LogP) is 4.10. The van der Waals surface area contributed by atoms with Crippen molar-refractivity contribution in [3.8, 4) is 0 Å². The van der Waals surface area contributed by atoms with Crippen LogP contribution in [-0.4, -0.2) is 9.97 Å². The smallest absolute Gasteiger partial charge is 0.205 e. The second-order valence-corrected chi connectivity index (χ2v) is 4.23. The number of aromatic nitrogens is 2. The number of aromatic amines is 1. The highest BCUT2D eigenvalue weighted by Gasteiger charge is 2.09. The number of nitrogens with one attached hydrogen (secondary N) is 2. The summed E-state index contributed by atoms with van der Waals surface area (Å²) < 4.78 is 13.6. The van der Waals surface area contributed by atoms with Gasteiger partial charge in [0.1, 0.15) is 5.82 Å². The number of halogens is 2. The molecule has 0 aliphatic rings. The number of para-hydroxylation sites is 3. The van der Waals surface area contributed by atoms with E-state index >= 15 is 0 Å². The lowest BCUT2D eigenvalue weighted by Crippen LogP contribution is -1.96. The Morgan fingerprint density at radius 1 is 1.11 bits per heavy atom. The van der Waals surface area contributed by atoms with Gasteiger partial charge in [-0.3, -0.25) is 0 Å². The van der Waals surface area contributed by atoms with Gasteiger partial charge in [-0.15, -0.1) is 0 Å². The van der Waals surface area contributed by atoms with Crippen molar-refractivity contribution in [1.82, 2.24) is 9.97 Å². The van der Waals surface area contributed by atoms with Crippen LogP contribution in [0.2, 0.25) is 5.02 Å². The largest absolute Gasteiger partial charge is 0.324 e. The molecule has 0 unspecified atom stereocenters. The minimum Gasteiger partial charge on any atom is -0.324 e. The first-order valence-electron chi connectivity index (χ1n) is 5.40. The van der Waals surface area contributed by atoms with Crippen LogP contribution in [0.3, 0.4) is 0 Å². The molecule has 0 fully saturated rings. The van der Waals surface area contributed by atoms with E-state index in [4.69, 9.17) is 11.6 Å². The van der Waals surface area contributed by atoms with E-state index in [1.165, 1.54) is 6.07 Å². The Hall–Kier alpha value is -2.07. The first-order chi connectivity index (χ1) is 8.74. The van der Waals surface area contributed by atoms with Crippen molar-refractivity contribution < 1.29 is 4.39 Å². The molecule has 3 nitrogen and oxygen atoms in total. The number of hydrogen-bond acceptors (Lipinski definition) is 2. The minimum absolute atomic E-state index is 0.221. The third kappa shape index (κ3) is 1.91. The highest BCUT2D eigenvalue weighted by atomic mass is 35.5. The van der Waals surface area contributed by atoms with Crippen LogP contribution in [0.4, 0.5) is 16.0 Å². The maximum atomic E-state index is 13.6. The maximum absolute atomic E-state index is 13.6. The van der Waals surface area contributed by atoms with Crippen molar-refractivity contribution in [2.45, 2.75) is 0 Å². The van der Waals surface area contributed by atoms with E-state index < -0.39 is 5.82 Å². The molecule has 3 aromatic rings. The second-order valence-electron chi connectivity index (χ2n) is 3.82. The van der Waals surface area contributed by atoms with Gasteiger partial charge in [-0.1, -0.05) is 29.8 Å². The average molecular weight is 262 g/mol. The first-order valence-corrected chi connectivity index (χ1v) is 5.77. The molecule has 3 rings (SSSR count). The fourth-order valence-electron chi connectivity index (χ4n) is 1.75. The van der Waals surface area contributed by atoms with Crippen LogP contribution in [0, 0.1) is 5.82 Å². The number of anilines is 2. The van der Waals surface area contributed by atoms with Gasteiger partial charge in [0.2, 0.25) is 5.95 Å². The van der Waals surface area contributed by atoms with Gasteiger partial charge < -0.3 is 10.3 Å². The minimum atomic E-state index is -0.414. The molecule has 0 aliphatic carbocycles. The van der Waals surface area contributed by atoms with Crippen LogP contribution in [0.25, 0.3) is 11.0 Å². The molecule has 18 heavy (non-hydrogen) atoms. The van der Waals surface area contributed by atoms with Crippen molar-refractivity contribution >= 4 is 34.3 Å². The maximum Gasteiger partial charge on any atom is 0.205 e. The highest BCUT2D eigenvalue weighted by molar-refractivity contribution is 6.33. The van der Waals surface area contributed by atoms with E-state index in [0.717, 1.165) is 11.0 Å². The summed E-state index contributed by atoms with van der Waals surface area (Å²) in [6.07, 6.45) is 0. The van der Waals surface area contributed by atoms with E-state index in [9.17, 15) is 4.39 Å². The number of nitrogens with zero attached hydrogens (tertiary/aromatic N) is 1. The Labute approximate surface area is 108 Å². The lowest BCUT2D eigenvalue weighted by atomic mass is 10.3. The van der Waals surface area contributed by atoms with Crippen LogP contribution in [-0.2, 0) is 0 Å². The molecule has 0 amide bonds. The summed E-state index contributed by atoms with van der Waals surface area (Å²) in [5.41, 5.74) is 1.91. The lowest BCUT2D eigenvalue weighted by molar-refractivity contribution is 0.632. The lowest BCUT2D eigenvalue weighted by Gasteiger charge is -2.05. The van der Waals surface area contributed by atoms with Gasteiger partial charge in [0.25, 0.3) is 0 Å². The van der Waals surface area contributed by atoms with Crippen molar-refractivity contribution in [2.75, 3.05) is 5.32 Å². The fraction of sp³-hybridized carbons (Fsp3) is 0. The number of benzene rings is 2. The normalized spacial score (nSPS) is 10.8. The summed E-state index contributed by atoms with van der Waals surface area (Å²) in [7, 11) is 0. The summed E-state index contributed by atoms with van der Waals surface area (Å²) in [5, 5.41) is 3.17. The quantitative estimate of drug-likeness (QED) is 0.729. The third-order valence-corrected chi connectivity index (χ3v) is 2.91. The summed E-state index contributed by atoms with van der Waals surface area (Å²) in [6, 6.07) is 12.1. The molecule has 1 heterocycles. The van der Waals surface area contributed by atoms with Crippen molar-refractivity contribution in [1.29, 1.82) is 0 Å². The zero-order valence-electron chi connectivity index (χ0n) is 9.24. The van der Waals surface area contributed by atoms with Gasteiger partial charge in [0, 0.05) is 0 Å². The Kier molecular flexibility index (Phi) is 2.64. The second kappa shape index (κ2) is 4.31. The zero-order valence-corrected chi connectivity index (χ0v) is 10.0. The van der Waals surface area contributed by atoms with Crippen molar-refractivity contribution in [3.05, 3.63) is 53.3 Å². The number of hydrogen-bond donors (Lipinski definition) is 2. The van der Waals surface area contributed by atoms with Gasteiger partial charge in [0.15, 0.2) is 0 Å². The third-order valence-electron chi connectivity index (χ3n) is 2.60. The number of H-pyrrole nitrogens is 1. The van der Waals surface area contributed by atoms with Gasteiger partial charge in [0.05, 0.1) is 21.7 Å². The Morgan fingerprint density at radius 2 is 1.94 bits per heavy atom.